The van der Waals surface area contributed by atoms with Gasteiger partial charge in [-0.05, 0) is 49.0 Å². The molecule has 2 aliphatic rings. The Balaban J connectivity index is 1.63. The highest BCUT2D eigenvalue weighted by atomic mass is 16.2. The maximum atomic E-state index is 12.8. The Morgan fingerprint density at radius 2 is 2.11 bits per heavy atom. The largest absolute Gasteiger partial charge is 0.337 e. The molecule has 2 amide bonds. The Kier molecular flexibility index (Phi) is 5.17. The molecule has 2 unspecified atom stereocenters. The molecule has 1 aliphatic carbocycles. The summed E-state index contributed by atoms with van der Waals surface area (Å²) < 4.78 is 1.89. The van der Waals surface area contributed by atoms with Gasteiger partial charge >= 0.3 is 6.03 Å². The minimum absolute atomic E-state index is 0.0110. The molecule has 1 fully saturated rings. The molecule has 3 rings (SSSR count). The molecule has 27 heavy (non-hydrogen) atoms. The number of amides is 2. The van der Waals surface area contributed by atoms with Crippen LogP contribution in [0.4, 0.5) is 4.79 Å². The molecule has 1 aliphatic heterocycles. The molecule has 0 aromatic carbocycles. The van der Waals surface area contributed by atoms with Gasteiger partial charge in [0.25, 0.3) is 0 Å². The molecule has 0 spiro atoms. The van der Waals surface area contributed by atoms with E-state index >= 15 is 0 Å². The summed E-state index contributed by atoms with van der Waals surface area (Å²) in [6, 6.07) is -0.0392. The van der Waals surface area contributed by atoms with Crippen molar-refractivity contribution >= 4 is 12.1 Å². The van der Waals surface area contributed by atoms with E-state index in [4.69, 9.17) is 0 Å². The van der Waals surface area contributed by atoms with Crippen LogP contribution in [0.3, 0.4) is 0 Å². The lowest BCUT2D eigenvalue weighted by Gasteiger charge is -2.45. The molecule has 0 radical (unpaired) electrons. The van der Waals surface area contributed by atoms with Crippen molar-refractivity contribution in [3.05, 3.63) is 17.0 Å². The van der Waals surface area contributed by atoms with Crippen LogP contribution < -0.4 is 5.32 Å². The van der Waals surface area contributed by atoms with Gasteiger partial charge in [-0.3, -0.25) is 4.68 Å². The van der Waals surface area contributed by atoms with E-state index in [-0.39, 0.29) is 22.9 Å². The Morgan fingerprint density at radius 3 is 2.81 bits per heavy atom. The number of nitrogens with one attached hydrogen (secondary N) is 1. The van der Waals surface area contributed by atoms with Gasteiger partial charge in [0.05, 0.1) is 24.0 Å². The number of aryl methyl sites for hydroxylation is 2. The molecule has 2 heterocycles. The molecular weight excluding hydrogens is 342 g/mol. The van der Waals surface area contributed by atoms with Gasteiger partial charge in [-0.25, -0.2) is 14.6 Å². The number of nitrogens with zero attached hydrogens (tertiary/aromatic N) is 4. The molecule has 1 aromatic heterocycles. The lowest BCUT2D eigenvalue weighted by molar-refractivity contribution is 0.0828. The number of carbonyl (C=O) groups is 1. The zero-order chi connectivity index (χ0) is 19.8. The predicted octanol–water partition coefficient (Wildman–Crippen LogP) is 2.72. The third kappa shape index (κ3) is 4.24. The van der Waals surface area contributed by atoms with Crippen LogP contribution in [-0.4, -0.2) is 45.9 Å². The van der Waals surface area contributed by atoms with E-state index in [9.17, 15) is 9.59 Å². The molecule has 1 N–H and O–H groups in total. The number of aromatic nitrogens is 2. The van der Waals surface area contributed by atoms with Crippen LogP contribution in [-0.2, 0) is 24.8 Å². The summed E-state index contributed by atoms with van der Waals surface area (Å²) in [4.78, 5) is 29.4. The number of hydrogen-bond donors (Lipinski definition) is 1. The highest BCUT2D eigenvalue weighted by molar-refractivity contribution is 5.74. The molecule has 0 saturated heterocycles. The Bertz CT molecular complexity index is 778. The summed E-state index contributed by atoms with van der Waals surface area (Å²) >= 11 is 0. The van der Waals surface area contributed by atoms with Crippen molar-refractivity contribution in [3.63, 3.8) is 0 Å². The number of urea groups is 1. The summed E-state index contributed by atoms with van der Waals surface area (Å²) in [6.45, 7) is 10.5. The second kappa shape index (κ2) is 7.12. The number of fused-ring (bicyclic) bond motifs is 1. The van der Waals surface area contributed by atoms with Gasteiger partial charge < -0.3 is 10.2 Å². The van der Waals surface area contributed by atoms with Crippen molar-refractivity contribution in [1.82, 2.24) is 20.0 Å². The van der Waals surface area contributed by atoms with Gasteiger partial charge in [0, 0.05) is 20.1 Å². The second-order valence-corrected chi connectivity index (χ2v) is 9.40. The highest BCUT2D eigenvalue weighted by Gasteiger charge is 2.41. The van der Waals surface area contributed by atoms with Crippen molar-refractivity contribution in [2.24, 2.45) is 22.9 Å². The standard InChI is InChI=1S/C20H31N5O2/c1-14-16-6-7-25(10-17(16)24(5)23-14)18(27)21-12-20(4)9-15(22-13-26)8-19(2,3)11-20/h15H,6-12H2,1-5H3,(H,21,27). The number of aliphatic imine (C=N–C) groups is 1. The predicted molar refractivity (Wildman–Crippen MR) is 103 cm³/mol. The van der Waals surface area contributed by atoms with E-state index in [1.54, 1.807) is 6.08 Å². The van der Waals surface area contributed by atoms with Crippen molar-refractivity contribution in [1.29, 1.82) is 0 Å². The lowest BCUT2D eigenvalue weighted by Crippen LogP contribution is -2.49. The lowest BCUT2D eigenvalue weighted by atomic mass is 9.63. The minimum Gasteiger partial charge on any atom is -0.337 e. The fourth-order valence-corrected chi connectivity index (χ4v) is 5.23. The first-order chi connectivity index (χ1) is 12.6. The number of isocyanates is 1. The van der Waals surface area contributed by atoms with E-state index in [2.05, 4.69) is 36.2 Å². The zero-order valence-electron chi connectivity index (χ0n) is 17.1. The van der Waals surface area contributed by atoms with Crippen LogP contribution in [0.1, 0.15) is 57.0 Å². The smallest absolute Gasteiger partial charge is 0.317 e. The van der Waals surface area contributed by atoms with Gasteiger partial charge in [-0.1, -0.05) is 20.8 Å². The third-order valence-corrected chi connectivity index (χ3v) is 6.06. The van der Waals surface area contributed by atoms with Gasteiger partial charge in [0.2, 0.25) is 6.08 Å². The minimum atomic E-state index is -0.0769. The average molecular weight is 374 g/mol. The first-order valence-electron chi connectivity index (χ1n) is 9.74. The van der Waals surface area contributed by atoms with Gasteiger partial charge in [0.15, 0.2) is 0 Å². The Hall–Kier alpha value is -2.14. The summed E-state index contributed by atoms with van der Waals surface area (Å²) in [7, 11) is 1.94. The summed E-state index contributed by atoms with van der Waals surface area (Å²) in [5.41, 5.74) is 3.48. The monoisotopic (exact) mass is 373 g/mol. The van der Waals surface area contributed by atoms with Gasteiger partial charge in [-0.2, -0.15) is 5.10 Å². The third-order valence-electron chi connectivity index (χ3n) is 6.06. The first kappa shape index (κ1) is 19.6. The van der Waals surface area contributed by atoms with Crippen molar-refractivity contribution in [3.8, 4) is 0 Å². The maximum absolute atomic E-state index is 12.8. The van der Waals surface area contributed by atoms with Gasteiger partial charge in [0.1, 0.15) is 0 Å². The molecule has 148 valence electrons. The molecule has 7 heteroatoms. The first-order valence-corrected chi connectivity index (χ1v) is 9.74. The van der Waals surface area contributed by atoms with E-state index in [1.807, 2.05) is 23.6 Å². The normalized spacial score (nSPS) is 26.9. The molecule has 2 atom stereocenters. The molecule has 0 bridgehead atoms. The Labute approximate surface area is 161 Å². The van der Waals surface area contributed by atoms with Crippen LogP contribution in [0.15, 0.2) is 4.99 Å². The Morgan fingerprint density at radius 1 is 1.37 bits per heavy atom. The van der Waals surface area contributed by atoms with E-state index < -0.39 is 0 Å². The van der Waals surface area contributed by atoms with E-state index in [0.29, 0.717) is 19.6 Å². The summed E-state index contributed by atoms with van der Waals surface area (Å²) in [6.07, 6.45) is 5.26. The molecule has 7 nitrogen and oxygen atoms in total. The quantitative estimate of drug-likeness (QED) is 0.653. The van der Waals surface area contributed by atoms with Crippen molar-refractivity contribution < 1.29 is 9.59 Å². The highest BCUT2D eigenvalue weighted by Crippen LogP contribution is 2.46. The average Bonchev–Trinajstić information content (AvgIpc) is 2.85. The zero-order valence-corrected chi connectivity index (χ0v) is 17.1. The SMILES string of the molecule is Cc1nn(C)c2c1CCN(C(=O)NCC1(C)CC(N=C=O)CC(C)(C)C1)C2. The molecular formula is C20H31N5O2. The van der Waals surface area contributed by atoms with E-state index in [1.165, 1.54) is 5.56 Å². The van der Waals surface area contributed by atoms with Crippen LogP contribution in [0.5, 0.6) is 0 Å². The molecule has 1 saturated carbocycles. The topological polar surface area (TPSA) is 79.6 Å². The van der Waals surface area contributed by atoms with Crippen LogP contribution >= 0.6 is 0 Å². The fourth-order valence-electron chi connectivity index (χ4n) is 5.23. The van der Waals surface area contributed by atoms with Crippen LogP contribution in [0.2, 0.25) is 0 Å². The summed E-state index contributed by atoms with van der Waals surface area (Å²) in [5.74, 6) is 0. The van der Waals surface area contributed by atoms with Crippen molar-refractivity contribution in [2.45, 2.75) is 66.0 Å². The number of rotatable bonds is 3. The maximum Gasteiger partial charge on any atom is 0.317 e. The van der Waals surface area contributed by atoms with Crippen LogP contribution in [0.25, 0.3) is 0 Å². The van der Waals surface area contributed by atoms with Crippen LogP contribution in [0, 0.1) is 17.8 Å². The number of hydrogen-bond acceptors (Lipinski definition) is 4. The second-order valence-electron chi connectivity index (χ2n) is 9.40. The fraction of sp³-hybridized carbons (Fsp3) is 0.750. The van der Waals surface area contributed by atoms with Gasteiger partial charge in [-0.15, -0.1) is 0 Å². The van der Waals surface area contributed by atoms with Crippen molar-refractivity contribution in [2.75, 3.05) is 13.1 Å². The number of carbonyl (C=O) groups excluding carboxylic acids is 2. The van der Waals surface area contributed by atoms with E-state index in [0.717, 1.165) is 37.1 Å². The molecule has 1 aromatic rings. The summed E-state index contributed by atoms with van der Waals surface area (Å²) in [5, 5.41) is 7.61.